The van der Waals surface area contributed by atoms with Crippen LogP contribution < -0.4 is 9.64 Å². The van der Waals surface area contributed by atoms with Crippen molar-refractivity contribution in [3.63, 3.8) is 0 Å². The third kappa shape index (κ3) is 3.88. The molecule has 0 aliphatic carbocycles. The number of rotatable bonds is 5. The van der Waals surface area contributed by atoms with Gasteiger partial charge in [0.1, 0.15) is 11.5 Å². The molecule has 140 valence electrons. The van der Waals surface area contributed by atoms with Crippen LogP contribution >= 0.6 is 0 Å². The molecule has 0 amide bonds. The van der Waals surface area contributed by atoms with E-state index in [2.05, 4.69) is 19.9 Å². The van der Waals surface area contributed by atoms with E-state index in [1.165, 1.54) is 0 Å². The topological polar surface area (TPSA) is 74.9 Å². The second-order valence-corrected chi connectivity index (χ2v) is 6.50. The van der Waals surface area contributed by atoms with E-state index in [0.29, 0.717) is 24.0 Å². The van der Waals surface area contributed by atoms with E-state index < -0.39 is 0 Å². The fraction of sp³-hybridized carbons (Fsp3) is 0.300. The Bertz CT molecular complexity index is 904. The predicted molar refractivity (Wildman–Crippen MR) is 102 cm³/mol. The normalized spacial score (nSPS) is 15.1. The molecule has 1 fully saturated rings. The molecule has 0 spiro atoms. The van der Waals surface area contributed by atoms with E-state index >= 15 is 0 Å². The van der Waals surface area contributed by atoms with Gasteiger partial charge in [-0.05, 0) is 24.3 Å². The number of ether oxygens (including phenoxy) is 1. The number of nitrogens with zero attached hydrogens (tertiary/aromatic N) is 4. The molecule has 0 radical (unpaired) electrons. The third-order valence-electron chi connectivity index (χ3n) is 4.75. The zero-order chi connectivity index (χ0) is 18.6. The Hall–Kier alpha value is -3.06. The second kappa shape index (κ2) is 7.67. The Morgan fingerprint density at radius 2 is 1.89 bits per heavy atom. The maximum absolute atomic E-state index is 10.0. The molecule has 3 aromatic rings. The Morgan fingerprint density at radius 1 is 1.07 bits per heavy atom. The summed E-state index contributed by atoms with van der Waals surface area (Å²) >= 11 is 0. The van der Waals surface area contributed by atoms with E-state index in [1.807, 2.05) is 42.5 Å². The van der Waals surface area contributed by atoms with Crippen molar-refractivity contribution in [3.8, 4) is 22.9 Å². The number of piperazine rings is 1. The number of benzene rings is 2. The maximum atomic E-state index is 10.0. The largest absolute Gasteiger partial charge is 0.506 e. The molecule has 27 heavy (non-hydrogen) atoms. The Labute approximate surface area is 157 Å². The van der Waals surface area contributed by atoms with Gasteiger partial charge in [-0.1, -0.05) is 29.4 Å². The molecule has 2 aromatic carbocycles. The van der Waals surface area contributed by atoms with Crippen molar-refractivity contribution in [1.82, 2.24) is 15.0 Å². The fourth-order valence-electron chi connectivity index (χ4n) is 3.27. The van der Waals surface area contributed by atoms with Crippen molar-refractivity contribution in [1.29, 1.82) is 0 Å². The molecule has 7 nitrogen and oxygen atoms in total. The van der Waals surface area contributed by atoms with Crippen LogP contribution in [-0.2, 0) is 6.54 Å². The van der Waals surface area contributed by atoms with Gasteiger partial charge in [0.2, 0.25) is 11.7 Å². The standard InChI is InChI=1S/C20H22N4O3/c1-26-16-6-4-5-15(13-16)20-21-19(27-22-20)14-23-9-11-24(12-10-23)17-7-2-3-8-18(17)25/h2-8,13,25H,9-12,14H2,1H3. The van der Waals surface area contributed by atoms with Crippen molar-refractivity contribution in [2.75, 3.05) is 38.2 Å². The number of methoxy groups -OCH3 is 1. The molecule has 4 rings (SSSR count). The number of aromatic hydroxyl groups is 1. The van der Waals surface area contributed by atoms with E-state index in [-0.39, 0.29) is 0 Å². The Kier molecular flexibility index (Phi) is 4.93. The maximum Gasteiger partial charge on any atom is 0.241 e. The smallest absolute Gasteiger partial charge is 0.241 e. The van der Waals surface area contributed by atoms with Crippen LogP contribution in [0.3, 0.4) is 0 Å². The predicted octanol–water partition coefficient (Wildman–Crippen LogP) is 2.77. The van der Waals surface area contributed by atoms with Crippen LogP contribution in [0.2, 0.25) is 0 Å². The Morgan fingerprint density at radius 3 is 2.67 bits per heavy atom. The lowest BCUT2D eigenvalue weighted by molar-refractivity contribution is 0.215. The van der Waals surface area contributed by atoms with Gasteiger partial charge in [0, 0.05) is 31.7 Å². The highest BCUT2D eigenvalue weighted by Crippen LogP contribution is 2.27. The van der Waals surface area contributed by atoms with Gasteiger partial charge in [-0.2, -0.15) is 4.98 Å². The molecule has 0 bridgehead atoms. The molecule has 0 unspecified atom stereocenters. The number of hydrogen-bond donors (Lipinski definition) is 1. The van der Waals surface area contributed by atoms with Gasteiger partial charge in [-0.3, -0.25) is 4.90 Å². The average Bonchev–Trinajstić information content (AvgIpc) is 3.18. The molecule has 1 aromatic heterocycles. The summed E-state index contributed by atoms with van der Waals surface area (Å²) in [5.41, 5.74) is 1.75. The van der Waals surface area contributed by atoms with E-state index in [4.69, 9.17) is 9.26 Å². The summed E-state index contributed by atoms with van der Waals surface area (Å²) in [6, 6.07) is 15.1. The molecule has 1 aliphatic heterocycles. The molecular weight excluding hydrogens is 344 g/mol. The summed E-state index contributed by atoms with van der Waals surface area (Å²) in [4.78, 5) is 8.99. The highest BCUT2D eigenvalue weighted by molar-refractivity contribution is 5.58. The molecular formula is C20H22N4O3. The summed E-state index contributed by atoms with van der Waals surface area (Å²) in [5.74, 6) is 2.26. The molecule has 2 heterocycles. The first-order chi connectivity index (χ1) is 13.2. The molecule has 0 atom stereocenters. The third-order valence-corrected chi connectivity index (χ3v) is 4.75. The first-order valence-corrected chi connectivity index (χ1v) is 8.95. The lowest BCUT2D eigenvalue weighted by Gasteiger charge is -2.35. The molecule has 1 N–H and O–H groups in total. The van der Waals surface area contributed by atoms with Crippen LogP contribution in [0.5, 0.6) is 11.5 Å². The second-order valence-electron chi connectivity index (χ2n) is 6.50. The van der Waals surface area contributed by atoms with Gasteiger partial charge < -0.3 is 19.3 Å². The lowest BCUT2D eigenvalue weighted by Crippen LogP contribution is -2.46. The number of phenolic OH excluding ortho intramolecular Hbond substituents is 1. The van der Waals surface area contributed by atoms with Crippen LogP contribution in [0, 0.1) is 0 Å². The quantitative estimate of drug-likeness (QED) is 0.744. The summed E-state index contributed by atoms with van der Waals surface area (Å²) in [6.07, 6.45) is 0. The van der Waals surface area contributed by atoms with Crippen LogP contribution in [0.4, 0.5) is 5.69 Å². The summed E-state index contributed by atoms with van der Waals surface area (Å²) < 4.78 is 10.7. The summed E-state index contributed by atoms with van der Waals surface area (Å²) in [6.45, 7) is 4.03. The van der Waals surface area contributed by atoms with Crippen LogP contribution in [0.1, 0.15) is 5.89 Å². The highest BCUT2D eigenvalue weighted by Gasteiger charge is 2.21. The van der Waals surface area contributed by atoms with E-state index in [9.17, 15) is 5.11 Å². The van der Waals surface area contributed by atoms with Gasteiger partial charge in [-0.15, -0.1) is 0 Å². The minimum atomic E-state index is 0.325. The van der Waals surface area contributed by atoms with Gasteiger partial charge in [0.05, 0.1) is 19.3 Å². The monoisotopic (exact) mass is 366 g/mol. The number of para-hydroxylation sites is 2. The number of hydrogen-bond acceptors (Lipinski definition) is 7. The van der Waals surface area contributed by atoms with Gasteiger partial charge in [-0.25, -0.2) is 0 Å². The molecule has 0 saturated carbocycles. The van der Waals surface area contributed by atoms with Gasteiger partial charge in [0.25, 0.3) is 0 Å². The molecule has 1 aliphatic rings. The van der Waals surface area contributed by atoms with Crippen LogP contribution in [-0.4, -0.2) is 53.4 Å². The van der Waals surface area contributed by atoms with E-state index in [0.717, 1.165) is 43.2 Å². The number of aromatic nitrogens is 2. The lowest BCUT2D eigenvalue weighted by atomic mass is 10.2. The summed E-state index contributed by atoms with van der Waals surface area (Å²) in [7, 11) is 1.63. The van der Waals surface area contributed by atoms with Crippen molar-refractivity contribution < 1.29 is 14.4 Å². The average molecular weight is 366 g/mol. The minimum absolute atomic E-state index is 0.325. The Balaban J connectivity index is 1.37. The van der Waals surface area contributed by atoms with E-state index in [1.54, 1.807) is 13.2 Å². The molecule has 7 heteroatoms. The molecule has 1 saturated heterocycles. The van der Waals surface area contributed by atoms with Crippen molar-refractivity contribution in [3.05, 3.63) is 54.4 Å². The van der Waals surface area contributed by atoms with Crippen molar-refractivity contribution in [2.24, 2.45) is 0 Å². The zero-order valence-corrected chi connectivity index (χ0v) is 15.2. The SMILES string of the molecule is COc1cccc(-c2noc(CN3CCN(c4ccccc4O)CC3)n2)c1. The van der Waals surface area contributed by atoms with Crippen LogP contribution in [0.15, 0.2) is 53.1 Å². The van der Waals surface area contributed by atoms with Crippen molar-refractivity contribution >= 4 is 5.69 Å². The first kappa shape index (κ1) is 17.4. The van der Waals surface area contributed by atoms with Gasteiger partial charge >= 0.3 is 0 Å². The number of anilines is 1. The van der Waals surface area contributed by atoms with Gasteiger partial charge in [0.15, 0.2) is 0 Å². The summed E-state index contributed by atoms with van der Waals surface area (Å²) in [5, 5.41) is 14.1. The minimum Gasteiger partial charge on any atom is -0.506 e. The fourth-order valence-corrected chi connectivity index (χ4v) is 3.27. The number of phenols is 1. The zero-order valence-electron chi connectivity index (χ0n) is 15.2. The first-order valence-electron chi connectivity index (χ1n) is 8.95. The van der Waals surface area contributed by atoms with Crippen molar-refractivity contribution in [2.45, 2.75) is 6.54 Å². The van der Waals surface area contributed by atoms with Crippen LogP contribution in [0.25, 0.3) is 11.4 Å². The highest BCUT2D eigenvalue weighted by atomic mass is 16.5.